The monoisotopic (exact) mass is 249 g/mol. The van der Waals surface area contributed by atoms with Crippen molar-refractivity contribution in [3.8, 4) is 0 Å². The lowest BCUT2D eigenvalue weighted by atomic mass is 9.98. The van der Waals surface area contributed by atoms with Gasteiger partial charge in [-0.15, -0.1) is 0 Å². The summed E-state index contributed by atoms with van der Waals surface area (Å²) in [5.41, 5.74) is 1.55. The van der Waals surface area contributed by atoms with Crippen LogP contribution in [0.1, 0.15) is 33.3 Å². The molecule has 18 heavy (non-hydrogen) atoms. The van der Waals surface area contributed by atoms with Crippen LogP contribution in [-0.4, -0.2) is 25.3 Å². The highest BCUT2D eigenvalue weighted by atomic mass is 16.5. The summed E-state index contributed by atoms with van der Waals surface area (Å²) in [6.45, 7) is 11.3. The SMILES string of the molecule is CCOCC(CNC(C)(C)C)Cc1ccccc1. The standard InChI is InChI=1S/C16H27NO/c1-5-18-13-15(12-17-16(2,3)4)11-14-9-7-6-8-10-14/h6-10,15,17H,5,11-13H2,1-4H3. The molecule has 1 N–H and O–H groups in total. The van der Waals surface area contributed by atoms with Gasteiger partial charge in [0.2, 0.25) is 0 Å². The molecule has 1 unspecified atom stereocenters. The molecule has 0 spiro atoms. The van der Waals surface area contributed by atoms with Crippen molar-refractivity contribution in [2.75, 3.05) is 19.8 Å². The molecule has 2 nitrogen and oxygen atoms in total. The van der Waals surface area contributed by atoms with Crippen molar-refractivity contribution in [1.82, 2.24) is 5.32 Å². The van der Waals surface area contributed by atoms with Crippen LogP contribution in [0.25, 0.3) is 0 Å². The van der Waals surface area contributed by atoms with E-state index in [1.807, 2.05) is 0 Å². The molecule has 0 heterocycles. The summed E-state index contributed by atoms with van der Waals surface area (Å²) < 4.78 is 5.59. The molecular formula is C16H27NO. The first-order chi connectivity index (χ1) is 8.51. The maximum Gasteiger partial charge on any atom is 0.0509 e. The van der Waals surface area contributed by atoms with E-state index in [2.05, 4.69) is 63.3 Å². The summed E-state index contributed by atoms with van der Waals surface area (Å²) in [6, 6.07) is 10.6. The first-order valence-electron chi connectivity index (χ1n) is 6.88. The van der Waals surface area contributed by atoms with Gasteiger partial charge in [-0.3, -0.25) is 0 Å². The highest BCUT2D eigenvalue weighted by molar-refractivity contribution is 5.15. The van der Waals surface area contributed by atoms with E-state index in [1.54, 1.807) is 0 Å². The molecule has 0 fully saturated rings. The lowest BCUT2D eigenvalue weighted by Gasteiger charge is -2.25. The third-order valence-electron chi connectivity index (χ3n) is 2.85. The molecule has 0 saturated carbocycles. The van der Waals surface area contributed by atoms with Crippen LogP contribution < -0.4 is 5.32 Å². The van der Waals surface area contributed by atoms with Gasteiger partial charge in [-0.05, 0) is 45.6 Å². The minimum atomic E-state index is 0.168. The number of rotatable bonds is 7. The zero-order valence-electron chi connectivity index (χ0n) is 12.2. The predicted molar refractivity (Wildman–Crippen MR) is 77.9 cm³/mol. The third kappa shape index (κ3) is 6.77. The molecule has 1 aromatic rings. The number of hydrogen-bond donors (Lipinski definition) is 1. The molecule has 0 aliphatic heterocycles. The largest absolute Gasteiger partial charge is 0.381 e. The Morgan fingerprint density at radius 2 is 1.83 bits per heavy atom. The molecular weight excluding hydrogens is 222 g/mol. The van der Waals surface area contributed by atoms with Gasteiger partial charge in [-0.2, -0.15) is 0 Å². The highest BCUT2D eigenvalue weighted by Gasteiger charge is 2.14. The molecule has 102 valence electrons. The van der Waals surface area contributed by atoms with Crippen LogP contribution in [0, 0.1) is 5.92 Å². The van der Waals surface area contributed by atoms with Gasteiger partial charge in [0.1, 0.15) is 0 Å². The number of hydrogen-bond acceptors (Lipinski definition) is 2. The van der Waals surface area contributed by atoms with Crippen molar-refractivity contribution >= 4 is 0 Å². The van der Waals surface area contributed by atoms with E-state index in [1.165, 1.54) is 5.56 Å². The molecule has 0 amide bonds. The molecule has 0 saturated heterocycles. The van der Waals surface area contributed by atoms with Gasteiger partial charge in [-0.25, -0.2) is 0 Å². The maximum atomic E-state index is 5.59. The van der Waals surface area contributed by atoms with Crippen molar-refractivity contribution < 1.29 is 4.74 Å². The molecule has 0 radical (unpaired) electrons. The quantitative estimate of drug-likeness (QED) is 0.801. The molecule has 1 rings (SSSR count). The van der Waals surface area contributed by atoms with Gasteiger partial charge < -0.3 is 10.1 Å². The molecule has 2 heteroatoms. The zero-order valence-corrected chi connectivity index (χ0v) is 12.2. The van der Waals surface area contributed by atoms with Crippen LogP contribution in [-0.2, 0) is 11.2 Å². The van der Waals surface area contributed by atoms with Crippen LogP contribution in [0.3, 0.4) is 0 Å². The van der Waals surface area contributed by atoms with Crippen molar-refractivity contribution in [2.45, 2.75) is 39.7 Å². The Morgan fingerprint density at radius 1 is 1.17 bits per heavy atom. The third-order valence-corrected chi connectivity index (χ3v) is 2.85. The average molecular weight is 249 g/mol. The second-order valence-corrected chi connectivity index (χ2v) is 5.85. The average Bonchev–Trinajstić information content (AvgIpc) is 2.33. The normalized spacial score (nSPS) is 13.6. The smallest absolute Gasteiger partial charge is 0.0509 e. The van der Waals surface area contributed by atoms with Gasteiger partial charge in [0.05, 0.1) is 6.61 Å². The van der Waals surface area contributed by atoms with E-state index >= 15 is 0 Å². The fourth-order valence-corrected chi connectivity index (χ4v) is 1.87. The summed E-state index contributed by atoms with van der Waals surface area (Å²) in [4.78, 5) is 0. The minimum Gasteiger partial charge on any atom is -0.381 e. The van der Waals surface area contributed by atoms with Crippen molar-refractivity contribution in [2.24, 2.45) is 5.92 Å². The van der Waals surface area contributed by atoms with Crippen molar-refractivity contribution in [1.29, 1.82) is 0 Å². The van der Waals surface area contributed by atoms with E-state index in [0.717, 1.165) is 26.2 Å². The maximum absolute atomic E-state index is 5.59. The second kappa shape index (κ2) is 7.55. The predicted octanol–water partition coefficient (Wildman–Crippen LogP) is 3.27. The summed E-state index contributed by atoms with van der Waals surface area (Å²) in [5.74, 6) is 0.534. The van der Waals surface area contributed by atoms with Crippen LogP contribution in [0.2, 0.25) is 0 Å². The van der Waals surface area contributed by atoms with Crippen molar-refractivity contribution in [3.05, 3.63) is 35.9 Å². The van der Waals surface area contributed by atoms with E-state index < -0.39 is 0 Å². The number of ether oxygens (including phenoxy) is 1. The van der Waals surface area contributed by atoms with Crippen LogP contribution >= 0.6 is 0 Å². The highest BCUT2D eigenvalue weighted by Crippen LogP contribution is 2.10. The van der Waals surface area contributed by atoms with Gasteiger partial charge >= 0.3 is 0 Å². The Bertz CT molecular complexity index is 316. The van der Waals surface area contributed by atoms with Crippen LogP contribution in [0.5, 0.6) is 0 Å². The van der Waals surface area contributed by atoms with Gasteiger partial charge in [0.15, 0.2) is 0 Å². The summed E-state index contributed by atoms with van der Waals surface area (Å²) in [5, 5.41) is 3.57. The van der Waals surface area contributed by atoms with Gasteiger partial charge in [-0.1, -0.05) is 30.3 Å². The summed E-state index contributed by atoms with van der Waals surface area (Å²) in [6.07, 6.45) is 1.07. The fraction of sp³-hybridized carbons (Fsp3) is 0.625. The second-order valence-electron chi connectivity index (χ2n) is 5.85. The van der Waals surface area contributed by atoms with Crippen LogP contribution in [0.4, 0.5) is 0 Å². The molecule has 0 bridgehead atoms. The van der Waals surface area contributed by atoms with E-state index in [4.69, 9.17) is 4.74 Å². The van der Waals surface area contributed by atoms with Crippen LogP contribution in [0.15, 0.2) is 30.3 Å². The Morgan fingerprint density at radius 3 is 2.39 bits per heavy atom. The zero-order chi connectivity index (χ0) is 13.4. The summed E-state index contributed by atoms with van der Waals surface area (Å²) >= 11 is 0. The summed E-state index contributed by atoms with van der Waals surface area (Å²) in [7, 11) is 0. The number of benzene rings is 1. The molecule has 1 aromatic carbocycles. The Balaban J connectivity index is 2.50. The Labute approximate surface area is 112 Å². The molecule has 0 aliphatic carbocycles. The number of nitrogens with one attached hydrogen (secondary N) is 1. The fourth-order valence-electron chi connectivity index (χ4n) is 1.87. The molecule has 0 aromatic heterocycles. The van der Waals surface area contributed by atoms with E-state index in [-0.39, 0.29) is 5.54 Å². The van der Waals surface area contributed by atoms with E-state index in [9.17, 15) is 0 Å². The van der Waals surface area contributed by atoms with Gasteiger partial charge in [0, 0.05) is 18.7 Å². The molecule has 1 atom stereocenters. The topological polar surface area (TPSA) is 21.3 Å². The Kier molecular flexibility index (Phi) is 6.37. The first kappa shape index (κ1) is 15.2. The van der Waals surface area contributed by atoms with E-state index in [0.29, 0.717) is 5.92 Å². The lowest BCUT2D eigenvalue weighted by Crippen LogP contribution is -2.40. The minimum absolute atomic E-state index is 0.168. The van der Waals surface area contributed by atoms with Gasteiger partial charge in [0.25, 0.3) is 0 Å². The molecule has 0 aliphatic rings. The lowest BCUT2D eigenvalue weighted by molar-refractivity contribution is 0.107. The van der Waals surface area contributed by atoms with Crippen molar-refractivity contribution in [3.63, 3.8) is 0 Å². The first-order valence-corrected chi connectivity index (χ1v) is 6.88. The Hall–Kier alpha value is -0.860.